The number of nitrogens with one attached hydrogen (secondary N) is 1. The summed E-state index contributed by atoms with van der Waals surface area (Å²) in [6, 6.07) is 0.509. The molecule has 96 valence electrons. The van der Waals surface area contributed by atoms with E-state index in [2.05, 4.69) is 12.2 Å². The topological polar surface area (TPSA) is 46.2 Å². The van der Waals surface area contributed by atoms with Crippen LogP contribution in [0, 0.1) is 5.92 Å². The molecule has 3 nitrogen and oxygen atoms in total. The van der Waals surface area contributed by atoms with Gasteiger partial charge in [-0.25, -0.2) is 8.42 Å². The van der Waals surface area contributed by atoms with E-state index in [0.29, 0.717) is 12.6 Å². The fourth-order valence-electron chi connectivity index (χ4n) is 1.79. The maximum absolute atomic E-state index is 11.6. The van der Waals surface area contributed by atoms with E-state index in [9.17, 15) is 8.42 Å². The molecule has 16 heavy (non-hydrogen) atoms. The van der Waals surface area contributed by atoms with Crippen molar-refractivity contribution in [3.8, 4) is 0 Å². The lowest BCUT2D eigenvalue weighted by Crippen LogP contribution is -2.34. The van der Waals surface area contributed by atoms with Crippen LogP contribution in [0.2, 0.25) is 0 Å². The summed E-state index contributed by atoms with van der Waals surface area (Å²) < 4.78 is 23.2. The third-order valence-corrected chi connectivity index (χ3v) is 5.56. The van der Waals surface area contributed by atoms with Gasteiger partial charge in [0.15, 0.2) is 9.84 Å². The molecule has 0 aromatic rings. The third kappa shape index (κ3) is 4.83. The Morgan fingerprint density at radius 2 is 1.94 bits per heavy atom. The van der Waals surface area contributed by atoms with Crippen LogP contribution in [0.3, 0.4) is 0 Å². The molecule has 1 atom stereocenters. The second-order valence-corrected chi connectivity index (χ2v) is 7.83. The van der Waals surface area contributed by atoms with Crippen LogP contribution in [0.5, 0.6) is 0 Å². The maximum Gasteiger partial charge on any atom is 0.153 e. The first-order valence-electron chi connectivity index (χ1n) is 6.40. The number of sulfone groups is 1. The minimum Gasteiger partial charge on any atom is -0.313 e. The van der Waals surface area contributed by atoms with Crippen LogP contribution in [0.15, 0.2) is 0 Å². The molecular formula is C12H25NO2S. The Balaban J connectivity index is 2.22. The van der Waals surface area contributed by atoms with Crippen molar-refractivity contribution in [3.63, 3.8) is 0 Å². The van der Waals surface area contributed by atoms with Crippen LogP contribution in [0.1, 0.15) is 46.5 Å². The molecule has 1 unspecified atom stereocenters. The minimum absolute atomic E-state index is 0.252. The maximum atomic E-state index is 11.6. The summed E-state index contributed by atoms with van der Waals surface area (Å²) in [6.07, 6.45) is 5.04. The van der Waals surface area contributed by atoms with Gasteiger partial charge in [0.2, 0.25) is 0 Å². The van der Waals surface area contributed by atoms with Crippen LogP contribution >= 0.6 is 0 Å². The van der Waals surface area contributed by atoms with Crippen molar-refractivity contribution >= 4 is 9.84 Å². The highest BCUT2D eigenvalue weighted by Gasteiger charge is 2.24. The van der Waals surface area contributed by atoms with E-state index in [1.165, 1.54) is 19.3 Å². The van der Waals surface area contributed by atoms with Gasteiger partial charge >= 0.3 is 0 Å². The zero-order chi connectivity index (χ0) is 12.2. The molecule has 1 aliphatic rings. The SMILES string of the molecule is CCC(CC1CC1)NCCS(=O)(=O)C(C)C. The first kappa shape index (κ1) is 14.0. The highest BCUT2D eigenvalue weighted by molar-refractivity contribution is 7.92. The summed E-state index contributed by atoms with van der Waals surface area (Å²) in [5.74, 6) is 1.17. The fraction of sp³-hybridized carbons (Fsp3) is 1.00. The second-order valence-electron chi connectivity index (χ2n) is 5.15. The van der Waals surface area contributed by atoms with E-state index in [0.717, 1.165) is 12.3 Å². The van der Waals surface area contributed by atoms with Crippen molar-refractivity contribution in [1.29, 1.82) is 0 Å². The van der Waals surface area contributed by atoms with Crippen molar-refractivity contribution in [2.45, 2.75) is 57.7 Å². The molecule has 0 amide bonds. The van der Waals surface area contributed by atoms with Crippen LogP contribution < -0.4 is 5.32 Å². The molecule has 0 spiro atoms. The predicted molar refractivity (Wildman–Crippen MR) is 68.3 cm³/mol. The van der Waals surface area contributed by atoms with Gasteiger partial charge in [-0.2, -0.15) is 0 Å². The van der Waals surface area contributed by atoms with Gasteiger partial charge in [0.25, 0.3) is 0 Å². The Bertz CT molecular complexity index is 294. The van der Waals surface area contributed by atoms with Crippen molar-refractivity contribution in [3.05, 3.63) is 0 Å². The van der Waals surface area contributed by atoms with E-state index < -0.39 is 9.84 Å². The fourth-order valence-corrected chi connectivity index (χ4v) is 2.67. The van der Waals surface area contributed by atoms with E-state index in [1.54, 1.807) is 13.8 Å². The van der Waals surface area contributed by atoms with Crippen LogP contribution in [-0.2, 0) is 9.84 Å². The number of rotatable bonds is 8. The summed E-state index contributed by atoms with van der Waals surface area (Å²) >= 11 is 0. The highest BCUT2D eigenvalue weighted by atomic mass is 32.2. The van der Waals surface area contributed by atoms with Crippen molar-refractivity contribution in [1.82, 2.24) is 5.32 Å². The van der Waals surface area contributed by atoms with Gasteiger partial charge in [-0.1, -0.05) is 19.8 Å². The Labute approximate surface area is 99.9 Å². The van der Waals surface area contributed by atoms with Gasteiger partial charge in [0.05, 0.1) is 11.0 Å². The predicted octanol–water partition coefficient (Wildman–Crippen LogP) is 1.98. The van der Waals surface area contributed by atoms with Crippen LogP contribution in [0.25, 0.3) is 0 Å². The van der Waals surface area contributed by atoms with Gasteiger partial charge in [-0.3, -0.25) is 0 Å². The summed E-state index contributed by atoms with van der Waals surface area (Å²) in [6.45, 7) is 6.26. The van der Waals surface area contributed by atoms with E-state index in [-0.39, 0.29) is 11.0 Å². The average Bonchev–Trinajstić information content (AvgIpc) is 2.99. The summed E-state index contributed by atoms with van der Waals surface area (Å²) in [7, 11) is -2.88. The molecule has 1 fully saturated rings. The Hall–Kier alpha value is -0.0900. The zero-order valence-corrected chi connectivity index (χ0v) is 11.5. The second kappa shape index (κ2) is 6.01. The molecule has 0 radical (unpaired) electrons. The summed E-state index contributed by atoms with van der Waals surface area (Å²) in [5, 5.41) is 3.12. The van der Waals surface area contributed by atoms with E-state index in [4.69, 9.17) is 0 Å². The van der Waals surface area contributed by atoms with Gasteiger partial charge in [-0.05, 0) is 32.6 Å². The largest absolute Gasteiger partial charge is 0.313 e. The van der Waals surface area contributed by atoms with Crippen LogP contribution in [0.4, 0.5) is 0 Å². The lowest BCUT2D eigenvalue weighted by atomic mass is 10.1. The molecule has 1 N–H and O–H groups in total. The Kier molecular flexibility index (Phi) is 5.25. The molecule has 1 aliphatic carbocycles. The first-order valence-corrected chi connectivity index (χ1v) is 8.12. The van der Waals surface area contributed by atoms with E-state index in [1.807, 2.05) is 0 Å². The van der Waals surface area contributed by atoms with Crippen molar-refractivity contribution in [2.75, 3.05) is 12.3 Å². The van der Waals surface area contributed by atoms with Gasteiger partial charge in [-0.15, -0.1) is 0 Å². The van der Waals surface area contributed by atoms with Crippen molar-refractivity contribution < 1.29 is 8.42 Å². The van der Waals surface area contributed by atoms with Gasteiger partial charge < -0.3 is 5.32 Å². The Morgan fingerprint density at radius 1 is 1.31 bits per heavy atom. The lowest BCUT2D eigenvalue weighted by molar-refractivity contribution is 0.456. The van der Waals surface area contributed by atoms with E-state index >= 15 is 0 Å². The molecule has 0 saturated heterocycles. The van der Waals surface area contributed by atoms with Crippen LogP contribution in [-0.4, -0.2) is 32.0 Å². The molecule has 1 rings (SSSR count). The average molecular weight is 247 g/mol. The van der Waals surface area contributed by atoms with Gasteiger partial charge in [0, 0.05) is 12.6 Å². The lowest BCUT2D eigenvalue weighted by Gasteiger charge is -2.17. The molecular weight excluding hydrogens is 222 g/mol. The molecule has 0 heterocycles. The first-order chi connectivity index (χ1) is 7.45. The number of hydrogen-bond donors (Lipinski definition) is 1. The molecule has 0 aliphatic heterocycles. The third-order valence-electron chi connectivity index (χ3n) is 3.35. The van der Waals surface area contributed by atoms with Gasteiger partial charge in [0.1, 0.15) is 0 Å². The molecule has 0 aromatic carbocycles. The monoisotopic (exact) mass is 247 g/mol. The molecule has 0 bridgehead atoms. The zero-order valence-electron chi connectivity index (χ0n) is 10.7. The normalized spacial score (nSPS) is 19.0. The number of hydrogen-bond acceptors (Lipinski definition) is 3. The quantitative estimate of drug-likeness (QED) is 0.713. The molecule has 4 heteroatoms. The molecule has 0 aromatic heterocycles. The highest BCUT2D eigenvalue weighted by Crippen LogP contribution is 2.33. The summed E-state index contributed by atoms with van der Waals surface area (Å²) in [4.78, 5) is 0. The smallest absolute Gasteiger partial charge is 0.153 e. The Morgan fingerprint density at radius 3 is 2.38 bits per heavy atom. The van der Waals surface area contributed by atoms with Crippen molar-refractivity contribution in [2.24, 2.45) is 5.92 Å². The minimum atomic E-state index is -2.88. The summed E-state index contributed by atoms with van der Waals surface area (Å²) in [5.41, 5.74) is 0. The standard InChI is InChI=1S/C12H25NO2S/c1-4-12(9-11-5-6-11)13-7-8-16(14,15)10(2)3/h10-13H,4-9H2,1-3H3. The molecule has 1 saturated carbocycles.